The Kier molecular flexibility index (Phi) is 4.46. The molecule has 1 amide bonds. The Labute approximate surface area is 157 Å². The first-order valence-electron chi connectivity index (χ1n) is 8.92. The van der Waals surface area contributed by atoms with Crippen LogP contribution in [0.5, 0.6) is 0 Å². The van der Waals surface area contributed by atoms with E-state index in [1.165, 1.54) is 0 Å². The van der Waals surface area contributed by atoms with Crippen molar-refractivity contribution in [3.63, 3.8) is 0 Å². The molecule has 6 heteroatoms. The Balaban J connectivity index is 1.48. The first-order chi connectivity index (χ1) is 13.1. The van der Waals surface area contributed by atoms with Crippen LogP contribution in [0.3, 0.4) is 0 Å². The summed E-state index contributed by atoms with van der Waals surface area (Å²) in [5.74, 6) is -0.0579. The molecular formula is C21H21N5O. The zero-order chi connectivity index (χ0) is 18.8. The first kappa shape index (κ1) is 17.0. The quantitative estimate of drug-likeness (QED) is 0.594. The van der Waals surface area contributed by atoms with Crippen molar-refractivity contribution in [3.05, 3.63) is 78.4 Å². The van der Waals surface area contributed by atoms with Gasteiger partial charge < -0.3 is 9.88 Å². The Morgan fingerprint density at radius 3 is 2.67 bits per heavy atom. The minimum atomic E-state index is -0.134. The van der Waals surface area contributed by atoms with E-state index in [1.807, 2.05) is 83.9 Å². The minimum absolute atomic E-state index is 0.0579. The van der Waals surface area contributed by atoms with Crippen molar-refractivity contribution in [2.75, 3.05) is 0 Å². The maximum atomic E-state index is 12.5. The molecule has 0 aliphatic rings. The normalized spacial score (nSPS) is 12.2. The van der Waals surface area contributed by atoms with E-state index < -0.39 is 0 Å². The van der Waals surface area contributed by atoms with Crippen LogP contribution >= 0.6 is 0 Å². The summed E-state index contributed by atoms with van der Waals surface area (Å²) in [5, 5.41) is 7.55. The van der Waals surface area contributed by atoms with Crippen LogP contribution in [0.2, 0.25) is 0 Å². The lowest BCUT2D eigenvalue weighted by Gasteiger charge is -2.15. The number of aromatic nitrogens is 4. The van der Waals surface area contributed by atoms with E-state index in [0.29, 0.717) is 0 Å². The van der Waals surface area contributed by atoms with E-state index in [4.69, 9.17) is 0 Å². The fraction of sp³-hybridized carbons (Fsp3) is 0.190. The molecule has 27 heavy (non-hydrogen) atoms. The molecule has 0 aliphatic heterocycles. The predicted octanol–water partition coefficient (Wildman–Crippen LogP) is 3.41. The molecule has 0 spiro atoms. The number of rotatable bonds is 5. The highest BCUT2D eigenvalue weighted by atomic mass is 16.2. The maximum absolute atomic E-state index is 12.5. The first-order valence-corrected chi connectivity index (χ1v) is 8.92. The predicted molar refractivity (Wildman–Crippen MR) is 105 cm³/mol. The second-order valence-electron chi connectivity index (χ2n) is 6.58. The average molecular weight is 359 g/mol. The number of benzene rings is 2. The number of nitrogens with zero attached hydrogens (tertiary/aromatic N) is 4. The number of nitrogens with one attached hydrogen (secondary N) is 1. The van der Waals surface area contributed by atoms with E-state index in [1.54, 1.807) is 6.33 Å². The SMILES string of the molecule is Cc1c([C@H](C)NC(=O)Cn2cnc3ccccc32)cnn1-c1ccccc1. The summed E-state index contributed by atoms with van der Waals surface area (Å²) in [6.07, 6.45) is 3.52. The van der Waals surface area contributed by atoms with Crippen LogP contribution in [0.25, 0.3) is 16.7 Å². The van der Waals surface area contributed by atoms with Crippen LogP contribution in [0.4, 0.5) is 0 Å². The summed E-state index contributed by atoms with van der Waals surface area (Å²) in [7, 11) is 0. The fourth-order valence-corrected chi connectivity index (χ4v) is 3.33. The molecule has 4 rings (SSSR count). The Morgan fingerprint density at radius 1 is 1.11 bits per heavy atom. The topological polar surface area (TPSA) is 64.7 Å². The molecule has 2 aromatic heterocycles. The van der Waals surface area contributed by atoms with Gasteiger partial charge in [0.15, 0.2) is 0 Å². The van der Waals surface area contributed by atoms with Crippen LogP contribution in [-0.2, 0) is 11.3 Å². The summed E-state index contributed by atoms with van der Waals surface area (Å²) in [4.78, 5) is 16.9. The standard InChI is InChI=1S/C21H21N5O/c1-15(18-12-23-26(16(18)2)17-8-4-3-5-9-17)24-21(27)13-25-14-22-19-10-6-7-11-20(19)25/h3-12,14-15H,13H2,1-2H3,(H,24,27)/t15-/m0/s1. The molecule has 1 N–H and O–H groups in total. The summed E-state index contributed by atoms with van der Waals surface area (Å²) in [5.41, 5.74) is 4.86. The van der Waals surface area contributed by atoms with Crippen molar-refractivity contribution in [2.24, 2.45) is 0 Å². The van der Waals surface area contributed by atoms with Gasteiger partial charge in [-0.05, 0) is 38.1 Å². The Hall–Kier alpha value is -3.41. The number of imidazole rings is 1. The monoisotopic (exact) mass is 359 g/mol. The lowest BCUT2D eigenvalue weighted by molar-refractivity contribution is -0.122. The highest BCUT2D eigenvalue weighted by molar-refractivity contribution is 5.80. The van der Waals surface area contributed by atoms with Crippen molar-refractivity contribution in [3.8, 4) is 5.69 Å². The van der Waals surface area contributed by atoms with E-state index >= 15 is 0 Å². The van der Waals surface area contributed by atoms with E-state index in [9.17, 15) is 4.79 Å². The summed E-state index contributed by atoms with van der Waals surface area (Å²) in [6, 6.07) is 17.6. The molecule has 0 unspecified atom stereocenters. The molecule has 4 aromatic rings. The van der Waals surface area contributed by atoms with Crippen LogP contribution in [0, 0.1) is 6.92 Å². The van der Waals surface area contributed by atoms with Gasteiger partial charge >= 0.3 is 0 Å². The molecule has 1 atom stereocenters. The van der Waals surface area contributed by atoms with Gasteiger partial charge in [0.05, 0.1) is 35.3 Å². The molecule has 0 saturated carbocycles. The minimum Gasteiger partial charge on any atom is -0.348 e. The molecule has 0 aliphatic carbocycles. The van der Waals surface area contributed by atoms with Gasteiger partial charge in [-0.3, -0.25) is 4.79 Å². The van der Waals surface area contributed by atoms with Crippen LogP contribution in [0.15, 0.2) is 67.1 Å². The van der Waals surface area contributed by atoms with E-state index in [-0.39, 0.29) is 18.5 Å². The van der Waals surface area contributed by atoms with Gasteiger partial charge in [-0.2, -0.15) is 5.10 Å². The number of fused-ring (bicyclic) bond motifs is 1. The molecule has 2 heterocycles. The number of carbonyl (C=O) groups excluding carboxylic acids is 1. The third-order valence-corrected chi connectivity index (χ3v) is 4.73. The zero-order valence-electron chi connectivity index (χ0n) is 15.3. The van der Waals surface area contributed by atoms with Crippen molar-refractivity contribution in [2.45, 2.75) is 26.4 Å². The van der Waals surface area contributed by atoms with Crippen molar-refractivity contribution in [1.29, 1.82) is 0 Å². The van der Waals surface area contributed by atoms with Gasteiger partial charge in [-0.1, -0.05) is 30.3 Å². The van der Waals surface area contributed by atoms with Crippen LogP contribution < -0.4 is 5.32 Å². The molecule has 0 radical (unpaired) electrons. The van der Waals surface area contributed by atoms with Gasteiger partial charge in [0.2, 0.25) is 5.91 Å². The van der Waals surface area contributed by atoms with E-state index in [2.05, 4.69) is 15.4 Å². The number of hydrogen-bond donors (Lipinski definition) is 1. The van der Waals surface area contributed by atoms with Gasteiger partial charge in [-0.25, -0.2) is 9.67 Å². The smallest absolute Gasteiger partial charge is 0.240 e. The molecule has 0 saturated heterocycles. The number of para-hydroxylation sites is 3. The molecule has 0 bridgehead atoms. The Morgan fingerprint density at radius 2 is 1.85 bits per heavy atom. The fourth-order valence-electron chi connectivity index (χ4n) is 3.33. The zero-order valence-corrected chi connectivity index (χ0v) is 15.3. The third-order valence-electron chi connectivity index (χ3n) is 4.73. The molecular weight excluding hydrogens is 338 g/mol. The van der Waals surface area contributed by atoms with Gasteiger partial charge in [0, 0.05) is 11.3 Å². The number of amides is 1. The van der Waals surface area contributed by atoms with Gasteiger partial charge in [0.25, 0.3) is 0 Å². The summed E-state index contributed by atoms with van der Waals surface area (Å²) < 4.78 is 3.75. The van der Waals surface area contributed by atoms with Crippen molar-refractivity contribution < 1.29 is 4.79 Å². The Bertz CT molecular complexity index is 1080. The van der Waals surface area contributed by atoms with Gasteiger partial charge in [0.1, 0.15) is 6.54 Å². The molecule has 6 nitrogen and oxygen atoms in total. The summed E-state index contributed by atoms with van der Waals surface area (Å²) >= 11 is 0. The van der Waals surface area contributed by atoms with Gasteiger partial charge in [-0.15, -0.1) is 0 Å². The van der Waals surface area contributed by atoms with E-state index in [0.717, 1.165) is 28.0 Å². The molecule has 136 valence electrons. The summed E-state index contributed by atoms with van der Waals surface area (Å²) in [6.45, 7) is 4.22. The second kappa shape index (κ2) is 7.07. The van der Waals surface area contributed by atoms with Crippen LogP contribution in [0.1, 0.15) is 24.2 Å². The molecule has 2 aromatic carbocycles. The lowest BCUT2D eigenvalue weighted by Crippen LogP contribution is -2.30. The second-order valence-corrected chi connectivity index (χ2v) is 6.58. The lowest BCUT2D eigenvalue weighted by atomic mass is 10.1. The number of carbonyl (C=O) groups is 1. The maximum Gasteiger partial charge on any atom is 0.240 e. The van der Waals surface area contributed by atoms with Crippen molar-refractivity contribution >= 4 is 16.9 Å². The third kappa shape index (κ3) is 3.33. The highest BCUT2D eigenvalue weighted by Crippen LogP contribution is 2.20. The van der Waals surface area contributed by atoms with Crippen molar-refractivity contribution in [1.82, 2.24) is 24.6 Å². The number of hydrogen-bond acceptors (Lipinski definition) is 3. The average Bonchev–Trinajstić information content (AvgIpc) is 3.26. The largest absolute Gasteiger partial charge is 0.348 e. The van der Waals surface area contributed by atoms with Crippen LogP contribution in [-0.4, -0.2) is 25.2 Å². The molecule has 0 fully saturated rings. The highest BCUT2D eigenvalue weighted by Gasteiger charge is 2.17.